The maximum Gasteiger partial charge on any atom is 0.228 e. The Kier molecular flexibility index (Phi) is 3.35. The monoisotopic (exact) mass is 298 g/mol. The van der Waals surface area contributed by atoms with Crippen LogP contribution in [0.25, 0.3) is 0 Å². The van der Waals surface area contributed by atoms with Gasteiger partial charge >= 0.3 is 0 Å². The molecule has 2 unspecified atom stereocenters. The normalized spacial score (nSPS) is 23.6. The highest BCUT2D eigenvalue weighted by atomic mass is 19.2. The molecule has 112 valence electrons. The highest BCUT2D eigenvalue weighted by Crippen LogP contribution is 2.40. The minimum absolute atomic E-state index is 0.177. The number of halogens is 3. The van der Waals surface area contributed by atoms with Gasteiger partial charge in [-0.3, -0.25) is 9.59 Å². The summed E-state index contributed by atoms with van der Waals surface area (Å²) in [6.45, 7) is 0. The largest absolute Gasteiger partial charge is 0.353 e. The summed E-state index contributed by atoms with van der Waals surface area (Å²) < 4.78 is 39.3. The zero-order valence-electron chi connectivity index (χ0n) is 11.0. The van der Waals surface area contributed by atoms with E-state index in [0.29, 0.717) is 6.42 Å². The molecule has 1 aromatic carbocycles. The van der Waals surface area contributed by atoms with Crippen LogP contribution in [-0.2, 0) is 9.59 Å². The Bertz CT molecular complexity index is 616. The number of benzene rings is 1. The lowest BCUT2D eigenvalue weighted by atomic mass is 10.2. The summed E-state index contributed by atoms with van der Waals surface area (Å²) in [5.74, 6) is -6.09. The number of hydrogen-bond acceptors (Lipinski definition) is 2. The Labute approximate surface area is 118 Å². The Morgan fingerprint density at radius 1 is 1.00 bits per heavy atom. The van der Waals surface area contributed by atoms with Crippen molar-refractivity contribution in [2.24, 2.45) is 11.8 Å². The molecule has 2 fully saturated rings. The van der Waals surface area contributed by atoms with Crippen LogP contribution >= 0.6 is 0 Å². The van der Waals surface area contributed by atoms with Crippen molar-refractivity contribution in [2.45, 2.75) is 25.3 Å². The number of rotatable bonds is 4. The molecule has 2 N–H and O–H groups in total. The molecule has 0 aromatic heterocycles. The van der Waals surface area contributed by atoms with Crippen LogP contribution in [0.5, 0.6) is 0 Å². The maximum atomic E-state index is 13.4. The second-order valence-corrected chi connectivity index (χ2v) is 5.44. The second kappa shape index (κ2) is 5.05. The van der Waals surface area contributed by atoms with Crippen LogP contribution in [0.15, 0.2) is 12.1 Å². The van der Waals surface area contributed by atoms with Crippen LogP contribution in [0.2, 0.25) is 0 Å². The predicted molar refractivity (Wildman–Crippen MR) is 67.7 cm³/mol. The lowest BCUT2D eigenvalue weighted by molar-refractivity contribution is -0.125. The fourth-order valence-corrected chi connectivity index (χ4v) is 2.16. The topological polar surface area (TPSA) is 58.2 Å². The Morgan fingerprint density at radius 3 is 2.33 bits per heavy atom. The molecule has 2 aliphatic carbocycles. The molecule has 7 heteroatoms. The number of carbonyl (C=O) groups excluding carboxylic acids is 2. The summed E-state index contributed by atoms with van der Waals surface area (Å²) >= 11 is 0. The van der Waals surface area contributed by atoms with Crippen molar-refractivity contribution in [1.82, 2.24) is 5.32 Å². The van der Waals surface area contributed by atoms with Gasteiger partial charge in [-0.15, -0.1) is 0 Å². The maximum absolute atomic E-state index is 13.4. The predicted octanol–water partition coefficient (Wildman–Crippen LogP) is 1.96. The van der Waals surface area contributed by atoms with Gasteiger partial charge in [-0.05, 0) is 31.4 Å². The lowest BCUT2D eigenvalue weighted by Crippen LogP contribution is -2.29. The molecule has 0 spiro atoms. The molecule has 0 aliphatic heterocycles. The molecular weight excluding hydrogens is 285 g/mol. The molecule has 4 nitrogen and oxygen atoms in total. The number of nitrogens with one attached hydrogen (secondary N) is 2. The van der Waals surface area contributed by atoms with E-state index in [2.05, 4.69) is 10.6 Å². The number of carbonyl (C=O) groups is 2. The molecule has 0 saturated heterocycles. The third-order valence-electron chi connectivity index (χ3n) is 3.68. The molecule has 0 heterocycles. The van der Waals surface area contributed by atoms with Gasteiger partial charge in [0.15, 0.2) is 17.5 Å². The van der Waals surface area contributed by atoms with Gasteiger partial charge in [0.2, 0.25) is 11.8 Å². The quantitative estimate of drug-likeness (QED) is 0.835. The molecule has 2 aliphatic rings. The third kappa shape index (κ3) is 2.86. The lowest BCUT2D eigenvalue weighted by Gasteiger charge is -2.07. The summed E-state index contributed by atoms with van der Waals surface area (Å²) in [6, 6.07) is 1.90. The van der Waals surface area contributed by atoms with E-state index < -0.39 is 40.9 Å². The smallest absolute Gasteiger partial charge is 0.228 e. The van der Waals surface area contributed by atoms with Gasteiger partial charge in [0, 0.05) is 6.04 Å². The van der Waals surface area contributed by atoms with E-state index in [1.807, 2.05) is 0 Å². The van der Waals surface area contributed by atoms with E-state index >= 15 is 0 Å². The number of hydrogen-bond donors (Lipinski definition) is 2. The molecule has 21 heavy (non-hydrogen) atoms. The summed E-state index contributed by atoms with van der Waals surface area (Å²) in [7, 11) is 0. The van der Waals surface area contributed by atoms with Gasteiger partial charge in [0.05, 0.1) is 17.5 Å². The van der Waals surface area contributed by atoms with E-state index in [1.165, 1.54) is 0 Å². The van der Waals surface area contributed by atoms with E-state index in [1.54, 1.807) is 0 Å². The van der Waals surface area contributed by atoms with Crippen LogP contribution in [0.4, 0.5) is 18.9 Å². The van der Waals surface area contributed by atoms with E-state index in [0.717, 1.165) is 25.0 Å². The first-order chi connectivity index (χ1) is 9.97. The van der Waals surface area contributed by atoms with Crippen molar-refractivity contribution >= 4 is 17.5 Å². The summed E-state index contributed by atoms with van der Waals surface area (Å²) in [6.07, 6.45) is 2.29. The summed E-state index contributed by atoms with van der Waals surface area (Å²) in [4.78, 5) is 23.6. The van der Waals surface area contributed by atoms with E-state index in [-0.39, 0.29) is 11.9 Å². The van der Waals surface area contributed by atoms with Crippen molar-refractivity contribution in [1.29, 1.82) is 0 Å². The highest BCUT2D eigenvalue weighted by Gasteiger charge is 2.49. The molecular formula is C14H13F3N2O2. The molecule has 1 aromatic rings. The van der Waals surface area contributed by atoms with Gasteiger partial charge in [-0.25, -0.2) is 13.2 Å². The van der Waals surface area contributed by atoms with Crippen LogP contribution in [0.3, 0.4) is 0 Å². The minimum Gasteiger partial charge on any atom is -0.353 e. The van der Waals surface area contributed by atoms with Crippen LogP contribution in [-0.4, -0.2) is 17.9 Å². The van der Waals surface area contributed by atoms with Gasteiger partial charge in [0.25, 0.3) is 0 Å². The Morgan fingerprint density at radius 2 is 1.67 bits per heavy atom. The zero-order valence-corrected chi connectivity index (χ0v) is 11.0. The minimum atomic E-state index is -1.63. The average molecular weight is 298 g/mol. The fourth-order valence-electron chi connectivity index (χ4n) is 2.16. The molecule has 0 radical (unpaired) electrons. The van der Waals surface area contributed by atoms with Gasteiger partial charge in [-0.2, -0.15) is 0 Å². The van der Waals surface area contributed by atoms with Crippen LogP contribution in [0, 0.1) is 29.3 Å². The molecule has 2 atom stereocenters. The highest BCUT2D eigenvalue weighted by molar-refractivity contribution is 5.99. The van der Waals surface area contributed by atoms with Gasteiger partial charge in [0.1, 0.15) is 0 Å². The standard InChI is InChI=1S/C14H13F3N2O2/c15-9-3-4-10(12(17)11(9)16)19-14(21)8-5-7(8)13(20)18-6-1-2-6/h3-4,6-8H,1-2,5H2,(H,18,20)(H,19,21). The SMILES string of the molecule is O=C(Nc1ccc(F)c(F)c1F)C1CC1C(=O)NC1CC1. The van der Waals surface area contributed by atoms with Crippen molar-refractivity contribution in [2.75, 3.05) is 5.32 Å². The third-order valence-corrected chi connectivity index (χ3v) is 3.68. The summed E-state index contributed by atoms with van der Waals surface area (Å²) in [5.41, 5.74) is -0.424. The van der Waals surface area contributed by atoms with Crippen molar-refractivity contribution < 1.29 is 22.8 Å². The van der Waals surface area contributed by atoms with Gasteiger partial charge in [-0.1, -0.05) is 0 Å². The Hall–Kier alpha value is -2.05. The van der Waals surface area contributed by atoms with Crippen molar-refractivity contribution in [3.05, 3.63) is 29.6 Å². The Balaban J connectivity index is 1.60. The van der Waals surface area contributed by atoms with Crippen molar-refractivity contribution in [3.8, 4) is 0 Å². The first kappa shape index (κ1) is 13.9. The second-order valence-electron chi connectivity index (χ2n) is 5.44. The fraction of sp³-hybridized carbons (Fsp3) is 0.429. The molecule has 3 rings (SSSR count). The summed E-state index contributed by atoms with van der Waals surface area (Å²) in [5, 5.41) is 4.98. The van der Waals surface area contributed by atoms with E-state index in [9.17, 15) is 22.8 Å². The van der Waals surface area contributed by atoms with Crippen molar-refractivity contribution in [3.63, 3.8) is 0 Å². The molecule has 0 bridgehead atoms. The number of amides is 2. The molecule has 2 saturated carbocycles. The first-order valence-corrected chi connectivity index (χ1v) is 6.72. The zero-order chi connectivity index (χ0) is 15.1. The molecule has 2 amide bonds. The van der Waals surface area contributed by atoms with E-state index in [4.69, 9.17) is 0 Å². The van der Waals surface area contributed by atoms with Gasteiger partial charge < -0.3 is 10.6 Å². The average Bonchev–Trinajstić information content (AvgIpc) is 3.31. The number of anilines is 1. The van der Waals surface area contributed by atoms with Crippen LogP contribution in [0.1, 0.15) is 19.3 Å². The van der Waals surface area contributed by atoms with Crippen LogP contribution < -0.4 is 10.6 Å². The first-order valence-electron chi connectivity index (χ1n) is 6.72.